The first-order valence-corrected chi connectivity index (χ1v) is 5.32. The summed E-state index contributed by atoms with van der Waals surface area (Å²) in [6.07, 6.45) is 0.181. The number of ether oxygens (including phenoxy) is 1. The van der Waals surface area contributed by atoms with Gasteiger partial charge in [-0.05, 0) is 5.56 Å². The van der Waals surface area contributed by atoms with Gasteiger partial charge in [0.15, 0.2) is 0 Å². The van der Waals surface area contributed by atoms with E-state index in [1.165, 1.54) is 0 Å². The van der Waals surface area contributed by atoms with Crippen molar-refractivity contribution in [3.8, 4) is 0 Å². The van der Waals surface area contributed by atoms with Gasteiger partial charge in [0.2, 0.25) is 0 Å². The molecule has 0 amide bonds. The van der Waals surface area contributed by atoms with E-state index in [1.807, 2.05) is 44.2 Å². The number of benzene rings is 1. The largest absolute Gasteiger partial charge is 0.393 e. The highest BCUT2D eigenvalue weighted by atomic mass is 16.6. The lowest BCUT2D eigenvalue weighted by atomic mass is 9.73. The summed E-state index contributed by atoms with van der Waals surface area (Å²) in [6.45, 7) is 3.93. The summed E-state index contributed by atoms with van der Waals surface area (Å²) in [4.78, 5) is 22.7. The van der Waals surface area contributed by atoms with Gasteiger partial charge in [-0.25, -0.2) is 0 Å². The predicted octanol–water partition coefficient (Wildman–Crippen LogP) is 2.05. The lowest BCUT2D eigenvalue weighted by Gasteiger charge is -2.28. The van der Waals surface area contributed by atoms with Crippen LogP contribution in [0.1, 0.15) is 25.8 Å². The van der Waals surface area contributed by atoms with Gasteiger partial charge in [-0.1, -0.05) is 44.2 Å². The zero-order chi connectivity index (χ0) is 11.8. The Bertz CT molecular complexity index is 420. The molecule has 0 aliphatic carbocycles. The molecular weight excluding hydrogens is 204 g/mol. The van der Waals surface area contributed by atoms with Crippen LogP contribution in [0.3, 0.4) is 0 Å². The highest BCUT2D eigenvalue weighted by Crippen LogP contribution is 2.37. The summed E-state index contributed by atoms with van der Waals surface area (Å²) < 4.78 is 4.60. The van der Waals surface area contributed by atoms with Crippen molar-refractivity contribution in [3.05, 3.63) is 35.9 Å². The molecule has 1 aliphatic rings. The van der Waals surface area contributed by atoms with E-state index in [4.69, 9.17) is 0 Å². The summed E-state index contributed by atoms with van der Waals surface area (Å²) >= 11 is 0. The quantitative estimate of drug-likeness (QED) is 0.563. The van der Waals surface area contributed by atoms with Gasteiger partial charge in [0, 0.05) is 5.41 Å². The van der Waals surface area contributed by atoms with Crippen LogP contribution in [0.25, 0.3) is 0 Å². The van der Waals surface area contributed by atoms with Gasteiger partial charge < -0.3 is 4.74 Å². The molecule has 1 unspecified atom stereocenters. The Morgan fingerprint density at radius 1 is 1.19 bits per heavy atom. The number of cyclic esters (lactones) is 2. The topological polar surface area (TPSA) is 43.4 Å². The zero-order valence-corrected chi connectivity index (χ0v) is 9.40. The van der Waals surface area contributed by atoms with Crippen LogP contribution < -0.4 is 0 Å². The Kier molecular flexibility index (Phi) is 2.54. The highest BCUT2D eigenvalue weighted by Gasteiger charge is 2.44. The van der Waals surface area contributed by atoms with Crippen LogP contribution in [-0.2, 0) is 19.7 Å². The SMILES string of the molecule is CC(C)(c1ccccc1)C1CC(=O)OC1=O. The summed E-state index contributed by atoms with van der Waals surface area (Å²) in [5.74, 6) is -1.19. The smallest absolute Gasteiger partial charge is 0.318 e. The number of carbonyl (C=O) groups is 2. The van der Waals surface area contributed by atoms with E-state index in [0.29, 0.717) is 0 Å². The fourth-order valence-electron chi connectivity index (χ4n) is 2.09. The molecule has 0 saturated carbocycles. The minimum Gasteiger partial charge on any atom is -0.393 e. The molecule has 1 aliphatic heterocycles. The van der Waals surface area contributed by atoms with E-state index in [0.717, 1.165) is 5.56 Å². The molecule has 0 bridgehead atoms. The minimum atomic E-state index is -0.418. The molecule has 0 aromatic heterocycles. The number of hydrogen-bond donors (Lipinski definition) is 0. The Morgan fingerprint density at radius 3 is 2.31 bits per heavy atom. The van der Waals surface area contributed by atoms with Crippen LogP contribution in [0, 0.1) is 5.92 Å². The van der Waals surface area contributed by atoms with E-state index in [-0.39, 0.29) is 17.8 Å². The first kappa shape index (κ1) is 10.9. The molecule has 2 rings (SSSR count). The maximum absolute atomic E-state index is 11.6. The molecule has 1 heterocycles. The fourth-order valence-corrected chi connectivity index (χ4v) is 2.09. The minimum absolute atomic E-state index is 0.181. The van der Waals surface area contributed by atoms with Crippen molar-refractivity contribution in [2.75, 3.05) is 0 Å². The zero-order valence-electron chi connectivity index (χ0n) is 9.40. The Balaban J connectivity index is 2.32. The molecule has 16 heavy (non-hydrogen) atoms. The predicted molar refractivity (Wildman–Crippen MR) is 58.7 cm³/mol. The average Bonchev–Trinajstić information content (AvgIpc) is 2.60. The van der Waals surface area contributed by atoms with Crippen molar-refractivity contribution in [1.29, 1.82) is 0 Å². The lowest BCUT2D eigenvalue weighted by Crippen LogP contribution is -2.31. The maximum atomic E-state index is 11.6. The molecule has 1 aromatic rings. The molecule has 1 atom stereocenters. The fraction of sp³-hybridized carbons (Fsp3) is 0.385. The molecule has 0 radical (unpaired) electrons. The monoisotopic (exact) mass is 218 g/mol. The third-order valence-corrected chi connectivity index (χ3v) is 3.26. The molecule has 1 aromatic carbocycles. The molecule has 0 N–H and O–H groups in total. The Hall–Kier alpha value is -1.64. The standard InChI is InChI=1S/C13H14O3/c1-13(2,9-6-4-3-5-7-9)10-8-11(14)16-12(10)15/h3-7,10H,8H2,1-2H3. The summed E-state index contributed by atoms with van der Waals surface area (Å²) in [6, 6.07) is 9.72. The summed E-state index contributed by atoms with van der Waals surface area (Å²) in [7, 11) is 0. The van der Waals surface area contributed by atoms with Crippen LogP contribution in [0.5, 0.6) is 0 Å². The van der Waals surface area contributed by atoms with Crippen molar-refractivity contribution in [1.82, 2.24) is 0 Å². The van der Waals surface area contributed by atoms with Crippen molar-refractivity contribution >= 4 is 11.9 Å². The molecule has 1 saturated heterocycles. The van der Waals surface area contributed by atoms with E-state index < -0.39 is 11.9 Å². The van der Waals surface area contributed by atoms with E-state index in [1.54, 1.807) is 0 Å². The van der Waals surface area contributed by atoms with Gasteiger partial charge in [0.25, 0.3) is 0 Å². The number of rotatable bonds is 2. The molecule has 1 fully saturated rings. The lowest BCUT2D eigenvalue weighted by molar-refractivity contribution is -0.153. The third kappa shape index (κ3) is 1.73. The van der Waals surface area contributed by atoms with E-state index >= 15 is 0 Å². The van der Waals surface area contributed by atoms with Crippen LogP contribution in [0.15, 0.2) is 30.3 Å². The van der Waals surface area contributed by atoms with Gasteiger partial charge in [-0.3, -0.25) is 9.59 Å². The third-order valence-electron chi connectivity index (χ3n) is 3.26. The van der Waals surface area contributed by atoms with Crippen LogP contribution >= 0.6 is 0 Å². The second-order valence-electron chi connectivity index (χ2n) is 4.64. The molecular formula is C13H14O3. The highest BCUT2D eigenvalue weighted by molar-refractivity contribution is 5.95. The first-order chi connectivity index (χ1) is 7.51. The van der Waals surface area contributed by atoms with Crippen LogP contribution in [0.2, 0.25) is 0 Å². The van der Waals surface area contributed by atoms with Gasteiger partial charge in [0.1, 0.15) is 0 Å². The van der Waals surface area contributed by atoms with Crippen molar-refractivity contribution in [2.24, 2.45) is 5.92 Å². The number of esters is 2. The average molecular weight is 218 g/mol. The molecule has 84 valence electrons. The van der Waals surface area contributed by atoms with E-state index in [2.05, 4.69) is 4.74 Å². The van der Waals surface area contributed by atoms with Crippen LogP contribution in [0.4, 0.5) is 0 Å². The van der Waals surface area contributed by atoms with Gasteiger partial charge in [0.05, 0.1) is 12.3 Å². The first-order valence-electron chi connectivity index (χ1n) is 5.32. The van der Waals surface area contributed by atoms with E-state index in [9.17, 15) is 9.59 Å². The maximum Gasteiger partial charge on any atom is 0.318 e. The van der Waals surface area contributed by atoms with Crippen molar-refractivity contribution < 1.29 is 14.3 Å². The summed E-state index contributed by atoms with van der Waals surface area (Å²) in [5, 5.41) is 0. The number of hydrogen-bond acceptors (Lipinski definition) is 3. The van der Waals surface area contributed by atoms with Gasteiger partial charge in [-0.2, -0.15) is 0 Å². The van der Waals surface area contributed by atoms with Gasteiger partial charge >= 0.3 is 11.9 Å². The van der Waals surface area contributed by atoms with Crippen LogP contribution in [-0.4, -0.2) is 11.9 Å². The Morgan fingerprint density at radius 2 is 1.81 bits per heavy atom. The second kappa shape index (κ2) is 3.74. The number of carbonyl (C=O) groups excluding carboxylic acids is 2. The van der Waals surface area contributed by atoms with Crippen molar-refractivity contribution in [3.63, 3.8) is 0 Å². The second-order valence-corrected chi connectivity index (χ2v) is 4.64. The Labute approximate surface area is 94.4 Å². The summed E-state index contributed by atoms with van der Waals surface area (Å²) in [5.41, 5.74) is 0.677. The van der Waals surface area contributed by atoms with Gasteiger partial charge in [-0.15, -0.1) is 0 Å². The van der Waals surface area contributed by atoms with Crippen molar-refractivity contribution in [2.45, 2.75) is 25.7 Å². The normalized spacial score (nSPS) is 21.0. The molecule has 3 nitrogen and oxygen atoms in total. The molecule has 3 heteroatoms. The molecule has 0 spiro atoms.